The van der Waals surface area contributed by atoms with Gasteiger partial charge in [0.1, 0.15) is 5.82 Å². The van der Waals surface area contributed by atoms with Gasteiger partial charge < -0.3 is 16.5 Å². The van der Waals surface area contributed by atoms with Crippen molar-refractivity contribution < 1.29 is 9.18 Å². The van der Waals surface area contributed by atoms with Crippen molar-refractivity contribution in [2.24, 2.45) is 0 Å². The Morgan fingerprint density at radius 2 is 1.76 bits per heavy atom. The van der Waals surface area contributed by atoms with Crippen LogP contribution in [0, 0.1) is 5.82 Å². The predicted octanol–water partition coefficient (Wildman–Crippen LogP) is 3.85. The van der Waals surface area contributed by atoms with Gasteiger partial charge in [-0.3, -0.25) is 4.79 Å². The van der Waals surface area contributed by atoms with Gasteiger partial charge in [-0.05, 0) is 54.5 Å². The summed E-state index contributed by atoms with van der Waals surface area (Å²) in [5, 5.41) is 0.895. The van der Waals surface area contributed by atoms with Crippen LogP contribution in [0.5, 0.6) is 0 Å². The molecule has 4 rings (SSSR count). The third-order valence-corrected chi connectivity index (χ3v) is 4.44. The molecule has 1 heterocycles. The number of benzene rings is 2. The van der Waals surface area contributed by atoms with E-state index in [0.717, 1.165) is 22.2 Å². The standard InChI is InChI=1S/C20H16FN3O/c21-13-6-4-11(5-7-13)20(25)12-2-1-3-14-17(10-12)24-19-16(23)9-8-15(22)18(14)19/h1-2,4-10,24H,3,22-23H2. The molecular weight excluding hydrogens is 317 g/mol. The smallest absolute Gasteiger partial charge is 0.193 e. The molecule has 0 unspecified atom stereocenters. The minimum atomic E-state index is -0.370. The van der Waals surface area contributed by atoms with Crippen molar-refractivity contribution >= 4 is 34.1 Å². The highest BCUT2D eigenvalue weighted by atomic mass is 19.1. The normalized spacial score (nSPS) is 13.4. The molecule has 25 heavy (non-hydrogen) atoms. The zero-order valence-electron chi connectivity index (χ0n) is 13.3. The van der Waals surface area contributed by atoms with Gasteiger partial charge in [-0.25, -0.2) is 4.39 Å². The van der Waals surface area contributed by atoms with Gasteiger partial charge in [-0.15, -0.1) is 0 Å². The van der Waals surface area contributed by atoms with Crippen molar-refractivity contribution in [1.29, 1.82) is 0 Å². The van der Waals surface area contributed by atoms with E-state index < -0.39 is 0 Å². The molecular formula is C20H16FN3O. The van der Waals surface area contributed by atoms with Crippen molar-refractivity contribution in [2.45, 2.75) is 6.42 Å². The van der Waals surface area contributed by atoms with Crippen LogP contribution < -0.4 is 11.5 Å². The van der Waals surface area contributed by atoms with Crippen molar-refractivity contribution in [3.05, 3.63) is 76.8 Å². The third-order valence-electron chi connectivity index (χ3n) is 4.44. The van der Waals surface area contributed by atoms with Crippen molar-refractivity contribution in [3.8, 4) is 0 Å². The van der Waals surface area contributed by atoms with E-state index in [1.165, 1.54) is 24.3 Å². The molecule has 0 amide bonds. The Labute approximate surface area is 143 Å². The van der Waals surface area contributed by atoms with Gasteiger partial charge >= 0.3 is 0 Å². The second-order valence-electron chi connectivity index (χ2n) is 6.05. The number of nitrogens with one attached hydrogen (secondary N) is 1. The number of allylic oxidation sites excluding steroid dienone is 3. The van der Waals surface area contributed by atoms with Crippen molar-refractivity contribution in [1.82, 2.24) is 4.98 Å². The molecule has 124 valence electrons. The second kappa shape index (κ2) is 5.63. The maximum absolute atomic E-state index is 13.1. The predicted molar refractivity (Wildman–Crippen MR) is 98.7 cm³/mol. The maximum Gasteiger partial charge on any atom is 0.193 e. The molecule has 4 nitrogen and oxygen atoms in total. The second-order valence-corrected chi connectivity index (χ2v) is 6.05. The van der Waals surface area contributed by atoms with Gasteiger partial charge in [0.15, 0.2) is 5.78 Å². The van der Waals surface area contributed by atoms with E-state index in [0.29, 0.717) is 28.9 Å². The number of carbonyl (C=O) groups excluding carboxylic acids is 1. The molecule has 0 atom stereocenters. The lowest BCUT2D eigenvalue weighted by Crippen LogP contribution is -2.01. The molecule has 0 aliphatic heterocycles. The first kappa shape index (κ1) is 15.2. The summed E-state index contributed by atoms with van der Waals surface area (Å²) in [6.07, 6.45) is 6.14. The molecule has 5 heteroatoms. The largest absolute Gasteiger partial charge is 0.398 e. The van der Waals surface area contributed by atoms with Crippen LogP contribution in [-0.4, -0.2) is 10.8 Å². The SMILES string of the molecule is Nc1ccc(N)c2c3c([nH]c12)C=C(C(=O)c1ccc(F)cc1)C=CC3. The van der Waals surface area contributed by atoms with Gasteiger partial charge in [0.25, 0.3) is 0 Å². The lowest BCUT2D eigenvalue weighted by Gasteiger charge is -2.02. The van der Waals surface area contributed by atoms with E-state index in [4.69, 9.17) is 11.5 Å². The molecule has 1 aliphatic rings. The summed E-state index contributed by atoms with van der Waals surface area (Å²) in [5.41, 5.74) is 17.0. The number of Topliss-reactive ketones (excluding diaryl/α,β-unsaturated/α-hetero) is 1. The number of carbonyl (C=O) groups is 1. The van der Waals surface area contributed by atoms with Gasteiger partial charge in [0, 0.05) is 27.9 Å². The Kier molecular flexibility index (Phi) is 3.42. The Balaban J connectivity index is 1.85. The lowest BCUT2D eigenvalue weighted by atomic mass is 10.0. The van der Waals surface area contributed by atoms with Crippen molar-refractivity contribution in [3.63, 3.8) is 0 Å². The van der Waals surface area contributed by atoms with Crippen LogP contribution in [0.15, 0.2) is 54.1 Å². The number of nitrogens with two attached hydrogens (primary N) is 2. The topological polar surface area (TPSA) is 84.9 Å². The average molecular weight is 333 g/mol. The number of H-pyrrole nitrogens is 1. The third kappa shape index (κ3) is 2.50. The van der Waals surface area contributed by atoms with Gasteiger partial charge in [0.2, 0.25) is 0 Å². The number of aromatic nitrogens is 1. The summed E-state index contributed by atoms with van der Waals surface area (Å²) in [6.45, 7) is 0. The summed E-state index contributed by atoms with van der Waals surface area (Å²) >= 11 is 0. The van der Waals surface area contributed by atoms with E-state index in [9.17, 15) is 9.18 Å². The first-order valence-corrected chi connectivity index (χ1v) is 7.91. The molecule has 0 radical (unpaired) electrons. The summed E-state index contributed by atoms with van der Waals surface area (Å²) in [5.74, 6) is -0.533. The van der Waals surface area contributed by atoms with Crippen LogP contribution >= 0.6 is 0 Å². The number of fused-ring (bicyclic) bond motifs is 3. The first-order valence-electron chi connectivity index (χ1n) is 7.91. The van der Waals surface area contributed by atoms with E-state index in [2.05, 4.69) is 4.98 Å². The first-order chi connectivity index (χ1) is 12.0. The summed E-state index contributed by atoms with van der Waals surface area (Å²) in [6, 6.07) is 9.08. The fraction of sp³-hybridized carbons (Fsp3) is 0.0500. The highest BCUT2D eigenvalue weighted by molar-refractivity contribution is 6.14. The molecule has 0 fully saturated rings. The van der Waals surface area contributed by atoms with Crippen LogP contribution in [0.1, 0.15) is 21.6 Å². The molecule has 1 aliphatic carbocycles. The summed E-state index contributed by atoms with van der Waals surface area (Å²) in [4.78, 5) is 16.0. The molecule has 0 bridgehead atoms. The number of aromatic amines is 1. The van der Waals surface area contributed by atoms with Crippen LogP contribution in [0.4, 0.5) is 15.8 Å². The average Bonchev–Trinajstić information content (AvgIpc) is 2.84. The number of halogens is 1. The molecule has 2 aromatic carbocycles. The quantitative estimate of drug-likeness (QED) is 0.492. The molecule has 0 spiro atoms. The number of rotatable bonds is 2. The Bertz CT molecular complexity index is 1060. The van der Waals surface area contributed by atoms with E-state index in [-0.39, 0.29) is 11.6 Å². The monoisotopic (exact) mass is 333 g/mol. The Morgan fingerprint density at radius 1 is 1.04 bits per heavy atom. The highest BCUT2D eigenvalue weighted by Crippen LogP contribution is 2.34. The molecule has 0 saturated carbocycles. The summed E-state index contributed by atoms with van der Waals surface area (Å²) < 4.78 is 13.1. The fourth-order valence-electron chi connectivity index (χ4n) is 3.19. The molecule has 0 saturated heterocycles. The maximum atomic E-state index is 13.1. The minimum Gasteiger partial charge on any atom is -0.398 e. The van der Waals surface area contributed by atoms with Gasteiger partial charge in [-0.2, -0.15) is 0 Å². The van der Waals surface area contributed by atoms with Crippen molar-refractivity contribution in [2.75, 3.05) is 11.5 Å². The fourth-order valence-corrected chi connectivity index (χ4v) is 3.19. The van der Waals surface area contributed by atoms with Gasteiger partial charge in [0.05, 0.1) is 11.2 Å². The number of nitrogen functional groups attached to an aromatic ring is 2. The van der Waals surface area contributed by atoms with Crippen LogP contribution in [0.2, 0.25) is 0 Å². The number of ketones is 1. The molecule has 1 aromatic heterocycles. The van der Waals surface area contributed by atoms with E-state index >= 15 is 0 Å². The Morgan fingerprint density at radius 3 is 2.52 bits per heavy atom. The zero-order chi connectivity index (χ0) is 17.6. The van der Waals surface area contributed by atoms with Gasteiger partial charge in [-0.1, -0.05) is 12.2 Å². The van der Waals surface area contributed by atoms with Crippen LogP contribution in [0.25, 0.3) is 17.0 Å². The number of hydrogen-bond acceptors (Lipinski definition) is 3. The summed E-state index contributed by atoms with van der Waals surface area (Å²) in [7, 11) is 0. The zero-order valence-corrected chi connectivity index (χ0v) is 13.3. The van der Waals surface area contributed by atoms with Crippen LogP contribution in [0.3, 0.4) is 0 Å². The number of hydrogen-bond donors (Lipinski definition) is 3. The van der Waals surface area contributed by atoms with Crippen LogP contribution in [-0.2, 0) is 6.42 Å². The van der Waals surface area contributed by atoms with E-state index in [1.807, 2.05) is 6.08 Å². The number of anilines is 2. The minimum absolute atomic E-state index is 0.163. The molecule has 3 aromatic rings. The Hall–Kier alpha value is -3.34. The van der Waals surface area contributed by atoms with E-state index in [1.54, 1.807) is 24.3 Å². The highest BCUT2D eigenvalue weighted by Gasteiger charge is 2.18. The molecule has 5 N–H and O–H groups in total. The lowest BCUT2D eigenvalue weighted by molar-refractivity contribution is 0.103.